The fraction of sp³-hybridized carbons (Fsp3) is 0.281. The molecule has 1 unspecified atom stereocenters. The van der Waals surface area contributed by atoms with E-state index in [1.165, 1.54) is 71.7 Å². The average Bonchev–Trinajstić information content (AvgIpc) is 3.43. The van der Waals surface area contributed by atoms with Crippen LogP contribution in [0.1, 0.15) is 54.6 Å². The van der Waals surface area contributed by atoms with Crippen LogP contribution in [0.3, 0.4) is 0 Å². The van der Waals surface area contributed by atoms with Gasteiger partial charge in [-0.15, -0.1) is 0 Å². The van der Waals surface area contributed by atoms with Crippen molar-refractivity contribution in [3.8, 4) is 17.1 Å². The molecular weight excluding hydrogens is 412 g/mol. The monoisotopic (exact) mass is 445 g/mol. The first-order valence-electron chi connectivity index (χ1n) is 12.8. The minimum absolute atomic E-state index is 0.166. The number of fused-ring (bicyclic) bond motifs is 1. The number of nitrogens with zero attached hydrogens (tertiary/aromatic N) is 2. The zero-order valence-electron chi connectivity index (χ0n) is 20.2. The molecule has 3 aromatic carbocycles. The number of rotatable bonds is 4. The summed E-state index contributed by atoms with van der Waals surface area (Å²) in [5.74, 6) is 1.86. The van der Waals surface area contributed by atoms with Crippen LogP contribution in [0.2, 0.25) is 0 Å². The first-order chi connectivity index (χ1) is 16.7. The highest BCUT2D eigenvalue weighted by Gasteiger charge is 2.52. The maximum absolute atomic E-state index is 2.69. The molecule has 0 N–H and O–H groups in total. The topological polar surface area (TPSA) is 8.81 Å². The minimum Gasteiger partial charge on any atom is -0.209 e. The molecule has 0 amide bonds. The van der Waals surface area contributed by atoms with Gasteiger partial charge in [0.2, 0.25) is 0 Å². The first-order valence-corrected chi connectivity index (χ1v) is 12.8. The Labute approximate surface area is 203 Å². The van der Waals surface area contributed by atoms with Crippen molar-refractivity contribution in [2.75, 3.05) is 0 Å². The largest absolute Gasteiger partial charge is 0.295 e. The van der Waals surface area contributed by atoms with Crippen LogP contribution in [-0.4, -0.2) is 4.57 Å². The fourth-order valence-corrected chi connectivity index (χ4v) is 6.48. The quantitative estimate of drug-likeness (QED) is 0.289. The van der Waals surface area contributed by atoms with Crippen LogP contribution >= 0.6 is 0 Å². The van der Waals surface area contributed by atoms with E-state index in [0.29, 0.717) is 5.92 Å². The molecule has 2 heterocycles. The van der Waals surface area contributed by atoms with Gasteiger partial charge in [-0.3, -0.25) is 0 Å². The molecule has 1 fully saturated rings. The van der Waals surface area contributed by atoms with Gasteiger partial charge >= 0.3 is 0 Å². The van der Waals surface area contributed by atoms with Crippen molar-refractivity contribution < 1.29 is 4.57 Å². The molecule has 1 aliphatic heterocycles. The maximum atomic E-state index is 2.69. The van der Waals surface area contributed by atoms with E-state index < -0.39 is 0 Å². The number of aromatic nitrogens is 2. The van der Waals surface area contributed by atoms with Crippen LogP contribution in [0.4, 0.5) is 0 Å². The molecular formula is C32H33N2+. The van der Waals surface area contributed by atoms with Gasteiger partial charge in [-0.2, -0.15) is 4.57 Å². The highest BCUT2D eigenvalue weighted by Crippen LogP contribution is 2.45. The lowest BCUT2D eigenvalue weighted by Gasteiger charge is -2.38. The van der Waals surface area contributed by atoms with Crippen LogP contribution in [0.5, 0.6) is 0 Å². The number of para-hydroxylation sites is 1. The van der Waals surface area contributed by atoms with Crippen molar-refractivity contribution in [3.05, 3.63) is 114 Å². The number of allylic oxidation sites excluding steroid dienone is 1. The standard InChI is InChI=1S/C32H33N2/c1-24-14-12-13-21-29(24)33-25(2)30-22-23-32(27-17-8-4-9-18-27,28-19-10-5-11-20-28)34(30)31(33)26-15-6-3-7-16-26/h3-4,6-9,12-18,21-23,28H,5,10-11,19-20H2,1-2H3/q+1. The number of hydrogen-bond acceptors (Lipinski definition) is 0. The molecule has 2 nitrogen and oxygen atoms in total. The van der Waals surface area contributed by atoms with Crippen molar-refractivity contribution in [3.63, 3.8) is 0 Å². The second-order valence-electron chi connectivity index (χ2n) is 9.98. The molecule has 1 aromatic heterocycles. The first kappa shape index (κ1) is 21.2. The van der Waals surface area contributed by atoms with Gasteiger partial charge in [-0.05, 0) is 55.7 Å². The van der Waals surface area contributed by atoms with Gasteiger partial charge in [0.1, 0.15) is 5.69 Å². The van der Waals surface area contributed by atoms with Gasteiger partial charge in [0.15, 0.2) is 16.9 Å². The minimum atomic E-state index is -0.166. The number of hydrogen-bond donors (Lipinski definition) is 0. The summed E-state index contributed by atoms with van der Waals surface area (Å²) in [5.41, 5.74) is 7.69. The van der Waals surface area contributed by atoms with Gasteiger partial charge in [-0.25, -0.2) is 4.57 Å². The summed E-state index contributed by atoms with van der Waals surface area (Å²) in [6.45, 7) is 4.51. The molecule has 6 rings (SSSR count). The molecule has 1 saturated carbocycles. The van der Waals surface area contributed by atoms with Crippen molar-refractivity contribution in [2.24, 2.45) is 5.92 Å². The van der Waals surface area contributed by atoms with E-state index in [9.17, 15) is 0 Å². The lowest BCUT2D eigenvalue weighted by atomic mass is 9.71. The molecule has 0 spiro atoms. The Morgan fingerprint density at radius 1 is 0.765 bits per heavy atom. The average molecular weight is 446 g/mol. The Morgan fingerprint density at radius 2 is 1.41 bits per heavy atom. The number of benzene rings is 3. The maximum Gasteiger partial charge on any atom is 0.295 e. The zero-order valence-corrected chi connectivity index (χ0v) is 20.2. The lowest BCUT2D eigenvalue weighted by Crippen LogP contribution is -2.60. The van der Waals surface area contributed by atoms with Crippen LogP contribution < -0.4 is 4.57 Å². The Hall–Kier alpha value is -3.39. The van der Waals surface area contributed by atoms with Gasteiger partial charge in [0.05, 0.1) is 5.56 Å². The highest BCUT2D eigenvalue weighted by atomic mass is 15.2. The third-order valence-corrected chi connectivity index (χ3v) is 8.09. The Morgan fingerprint density at radius 3 is 2.12 bits per heavy atom. The summed E-state index contributed by atoms with van der Waals surface area (Å²) < 4.78 is 5.19. The third kappa shape index (κ3) is 3.12. The van der Waals surface area contributed by atoms with Crippen LogP contribution in [0.15, 0.2) is 91.0 Å². The molecule has 4 aromatic rings. The molecule has 0 bridgehead atoms. The van der Waals surface area contributed by atoms with Crippen LogP contribution in [-0.2, 0) is 5.54 Å². The summed E-state index contributed by atoms with van der Waals surface area (Å²) in [7, 11) is 0. The Bertz CT molecular complexity index is 1340. The third-order valence-electron chi connectivity index (χ3n) is 8.09. The SMILES string of the molecule is Cc1ccccc1-n1c(C)c2[n+](c1-c1ccccc1)C(c1ccccc1)(C1CCCCC1)C=C2. The van der Waals surface area contributed by atoms with Gasteiger partial charge in [-0.1, -0.05) is 86.0 Å². The second-order valence-corrected chi connectivity index (χ2v) is 9.98. The van der Waals surface area contributed by atoms with Gasteiger partial charge < -0.3 is 0 Å². The smallest absolute Gasteiger partial charge is 0.209 e. The van der Waals surface area contributed by atoms with E-state index in [0.717, 1.165) is 0 Å². The van der Waals surface area contributed by atoms with Crippen molar-refractivity contribution in [2.45, 2.75) is 51.5 Å². The Kier molecular flexibility index (Phi) is 5.25. The molecule has 2 heteroatoms. The molecule has 170 valence electrons. The van der Waals surface area contributed by atoms with Crippen molar-refractivity contribution >= 4 is 6.08 Å². The Balaban J connectivity index is 1.72. The summed E-state index contributed by atoms with van der Waals surface area (Å²) in [4.78, 5) is 0. The van der Waals surface area contributed by atoms with E-state index in [-0.39, 0.29) is 5.54 Å². The normalized spacial score (nSPS) is 19.9. The lowest BCUT2D eigenvalue weighted by molar-refractivity contribution is -0.737. The predicted molar refractivity (Wildman–Crippen MR) is 140 cm³/mol. The van der Waals surface area contributed by atoms with Crippen LogP contribution in [0, 0.1) is 19.8 Å². The van der Waals surface area contributed by atoms with E-state index >= 15 is 0 Å². The predicted octanol–water partition coefficient (Wildman–Crippen LogP) is 7.40. The summed E-state index contributed by atoms with van der Waals surface area (Å²) in [6, 6.07) is 31.0. The van der Waals surface area contributed by atoms with E-state index in [1.807, 2.05) is 0 Å². The molecule has 1 atom stereocenters. The van der Waals surface area contributed by atoms with E-state index in [4.69, 9.17) is 0 Å². The molecule has 34 heavy (non-hydrogen) atoms. The molecule has 0 radical (unpaired) electrons. The van der Waals surface area contributed by atoms with Crippen molar-refractivity contribution in [1.29, 1.82) is 0 Å². The molecule has 1 aliphatic carbocycles. The van der Waals surface area contributed by atoms with E-state index in [1.54, 1.807) is 0 Å². The zero-order chi connectivity index (χ0) is 23.1. The van der Waals surface area contributed by atoms with Crippen LogP contribution in [0.25, 0.3) is 23.2 Å². The van der Waals surface area contributed by atoms with Crippen molar-refractivity contribution in [1.82, 2.24) is 4.57 Å². The number of aryl methyl sites for hydroxylation is 1. The molecule has 2 aliphatic rings. The summed E-state index contributed by atoms with van der Waals surface area (Å²) in [5, 5.41) is 0. The summed E-state index contributed by atoms with van der Waals surface area (Å²) >= 11 is 0. The number of imidazole rings is 1. The second kappa shape index (κ2) is 8.43. The fourth-order valence-electron chi connectivity index (χ4n) is 6.48. The summed E-state index contributed by atoms with van der Waals surface area (Å²) in [6.07, 6.45) is 11.5. The van der Waals surface area contributed by atoms with E-state index in [2.05, 4.69) is 120 Å². The highest BCUT2D eigenvalue weighted by molar-refractivity contribution is 5.64. The van der Waals surface area contributed by atoms with Gasteiger partial charge in [0.25, 0.3) is 5.82 Å². The molecule has 0 saturated heterocycles. The van der Waals surface area contributed by atoms with Gasteiger partial charge in [0, 0.05) is 18.4 Å².